The molecule has 3 rings (SSSR count). The number of rotatable bonds is 3. The Morgan fingerprint density at radius 2 is 2.15 bits per heavy atom. The topological polar surface area (TPSA) is 55.4 Å². The number of carboxylic acid groups (broad SMARTS) is 1. The van der Waals surface area contributed by atoms with Crippen molar-refractivity contribution >= 4 is 28.5 Å². The molecule has 0 atom stereocenters. The molecule has 20 heavy (non-hydrogen) atoms. The minimum absolute atomic E-state index is 0.0115. The molecule has 1 N–H and O–H groups in total. The lowest BCUT2D eigenvalue weighted by molar-refractivity contribution is 0.0659. The Kier molecular flexibility index (Phi) is 3.03. The molecule has 0 saturated heterocycles. The van der Waals surface area contributed by atoms with Gasteiger partial charge < -0.3 is 14.1 Å². The highest BCUT2D eigenvalue weighted by Crippen LogP contribution is 2.26. The highest BCUT2D eigenvalue weighted by molar-refractivity contribution is 6.35. The van der Waals surface area contributed by atoms with Gasteiger partial charge in [0.05, 0.1) is 11.6 Å². The van der Waals surface area contributed by atoms with Gasteiger partial charge in [-0.25, -0.2) is 4.79 Å². The third-order valence-electron chi connectivity index (χ3n) is 3.23. The van der Waals surface area contributed by atoms with E-state index in [0.29, 0.717) is 22.9 Å². The Balaban J connectivity index is 2.01. The number of benzene rings is 1. The molecule has 0 aliphatic rings. The predicted molar refractivity (Wildman–Crippen MR) is 76.5 cm³/mol. The van der Waals surface area contributed by atoms with Crippen molar-refractivity contribution in [2.75, 3.05) is 0 Å². The van der Waals surface area contributed by atoms with Crippen molar-refractivity contribution in [1.82, 2.24) is 4.57 Å². The first-order valence-corrected chi connectivity index (χ1v) is 6.50. The van der Waals surface area contributed by atoms with E-state index in [0.717, 1.165) is 10.9 Å². The van der Waals surface area contributed by atoms with Gasteiger partial charge in [-0.3, -0.25) is 0 Å². The van der Waals surface area contributed by atoms with Gasteiger partial charge in [0, 0.05) is 22.7 Å². The Morgan fingerprint density at radius 1 is 1.40 bits per heavy atom. The summed E-state index contributed by atoms with van der Waals surface area (Å²) >= 11 is 6.19. The lowest BCUT2D eigenvalue weighted by Gasteiger charge is -2.02. The van der Waals surface area contributed by atoms with Crippen LogP contribution in [0.3, 0.4) is 0 Å². The van der Waals surface area contributed by atoms with Gasteiger partial charge in [0.15, 0.2) is 0 Å². The van der Waals surface area contributed by atoms with Crippen LogP contribution in [0.25, 0.3) is 10.9 Å². The van der Waals surface area contributed by atoms with E-state index in [1.807, 2.05) is 35.0 Å². The monoisotopic (exact) mass is 289 g/mol. The summed E-state index contributed by atoms with van der Waals surface area (Å²) < 4.78 is 7.32. The largest absolute Gasteiger partial charge is 0.475 e. The zero-order valence-corrected chi connectivity index (χ0v) is 11.5. The van der Waals surface area contributed by atoms with Crippen LogP contribution in [0.1, 0.15) is 21.9 Å². The summed E-state index contributed by atoms with van der Waals surface area (Å²) in [6.07, 6.45) is 1.82. The fourth-order valence-electron chi connectivity index (χ4n) is 2.34. The molecule has 0 radical (unpaired) electrons. The van der Waals surface area contributed by atoms with E-state index < -0.39 is 5.97 Å². The minimum Gasteiger partial charge on any atom is -0.475 e. The molecule has 0 aliphatic heterocycles. The van der Waals surface area contributed by atoms with E-state index >= 15 is 0 Å². The molecule has 0 unspecified atom stereocenters. The van der Waals surface area contributed by atoms with Crippen LogP contribution >= 0.6 is 11.6 Å². The first-order valence-electron chi connectivity index (χ1n) is 6.12. The van der Waals surface area contributed by atoms with Gasteiger partial charge in [-0.15, -0.1) is 0 Å². The number of aryl methyl sites for hydroxylation is 1. The van der Waals surface area contributed by atoms with Gasteiger partial charge in [0.2, 0.25) is 5.76 Å². The van der Waals surface area contributed by atoms with Crippen molar-refractivity contribution in [3.8, 4) is 0 Å². The Bertz CT molecular complexity index is 801. The third kappa shape index (κ3) is 2.08. The summed E-state index contributed by atoms with van der Waals surface area (Å²) in [6.45, 7) is 2.17. The van der Waals surface area contributed by atoms with Crippen LogP contribution < -0.4 is 0 Å². The summed E-state index contributed by atoms with van der Waals surface area (Å²) in [4.78, 5) is 11.0. The van der Waals surface area contributed by atoms with Crippen molar-refractivity contribution < 1.29 is 14.3 Å². The average molecular weight is 290 g/mol. The van der Waals surface area contributed by atoms with E-state index in [2.05, 4.69) is 0 Å². The maximum absolute atomic E-state index is 11.0. The molecule has 0 fully saturated rings. The van der Waals surface area contributed by atoms with E-state index in [9.17, 15) is 4.79 Å². The third-order valence-corrected chi connectivity index (χ3v) is 3.53. The zero-order valence-electron chi connectivity index (χ0n) is 10.8. The van der Waals surface area contributed by atoms with Crippen molar-refractivity contribution in [1.29, 1.82) is 0 Å². The first kappa shape index (κ1) is 12.8. The van der Waals surface area contributed by atoms with Gasteiger partial charge in [-0.05, 0) is 19.1 Å². The van der Waals surface area contributed by atoms with Crippen molar-refractivity contribution in [3.05, 3.63) is 58.6 Å². The maximum Gasteiger partial charge on any atom is 0.372 e. The standard InChI is InChI=1S/C15H12ClNO3/c1-9-6-10(20-14(9)15(18)19)7-17-8-12(16)11-4-2-3-5-13(11)17/h2-6,8H,7H2,1H3,(H,18,19). The SMILES string of the molecule is Cc1cc(Cn2cc(Cl)c3ccccc32)oc1C(=O)O. The molecule has 0 saturated carbocycles. The minimum atomic E-state index is -1.05. The van der Waals surface area contributed by atoms with Gasteiger partial charge in [-0.1, -0.05) is 29.8 Å². The molecule has 4 nitrogen and oxygen atoms in total. The molecule has 5 heteroatoms. The summed E-state index contributed by atoms with van der Waals surface area (Å²) in [6, 6.07) is 9.52. The Labute approximate surface area is 120 Å². The van der Waals surface area contributed by atoms with E-state index in [1.54, 1.807) is 13.0 Å². The first-order chi connectivity index (χ1) is 9.56. The van der Waals surface area contributed by atoms with E-state index in [-0.39, 0.29) is 5.76 Å². The number of nitrogens with zero attached hydrogens (tertiary/aromatic N) is 1. The summed E-state index contributed by atoms with van der Waals surface area (Å²) in [5.74, 6) is -0.468. The maximum atomic E-state index is 11.0. The second-order valence-corrected chi connectivity index (χ2v) is 5.06. The van der Waals surface area contributed by atoms with Gasteiger partial charge in [0.25, 0.3) is 0 Å². The number of para-hydroxylation sites is 1. The summed E-state index contributed by atoms with van der Waals surface area (Å²) in [5.41, 5.74) is 1.61. The number of halogens is 1. The molecule has 2 aromatic heterocycles. The number of hydrogen-bond acceptors (Lipinski definition) is 2. The van der Waals surface area contributed by atoms with Crippen LogP contribution in [0.5, 0.6) is 0 Å². The molecule has 3 aromatic rings. The smallest absolute Gasteiger partial charge is 0.372 e. The zero-order chi connectivity index (χ0) is 14.3. The normalized spacial score (nSPS) is 11.1. The van der Waals surface area contributed by atoms with E-state index in [4.69, 9.17) is 21.1 Å². The molecular formula is C15H12ClNO3. The predicted octanol–water partition coefficient (Wildman–Crippen LogP) is 3.94. The van der Waals surface area contributed by atoms with E-state index in [1.165, 1.54) is 0 Å². The van der Waals surface area contributed by atoms with Gasteiger partial charge in [-0.2, -0.15) is 0 Å². The second-order valence-electron chi connectivity index (χ2n) is 4.65. The number of aromatic nitrogens is 1. The van der Waals surface area contributed by atoms with Crippen molar-refractivity contribution in [2.45, 2.75) is 13.5 Å². The van der Waals surface area contributed by atoms with Crippen LogP contribution in [0.4, 0.5) is 0 Å². The lowest BCUT2D eigenvalue weighted by Crippen LogP contribution is -1.97. The van der Waals surface area contributed by atoms with Crippen LogP contribution in [-0.2, 0) is 6.54 Å². The highest BCUT2D eigenvalue weighted by atomic mass is 35.5. The molecule has 2 heterocycles. The Morgan fingerprint density at radius 3 is 2.85 bits per heavy atom. The van der Waals surface area contributed by atoms with Crippen molar-refractivity contribution in [3.63, 3.8) is 0 Å². The molecule has 102 valence electrons. The second kappa shape index (κ2) is 4.72. The summed E-state index contributed by atoms with van der Waals surface area (Å²) in [7, 11) is 0. The number of fused-ring (bicyclic) bond motifs is 1. The van der Waals surface area contributed by atoms with Crippen LogP contribution in [0.2, 0.25) is 5.02 Å². The molecule has 0 bridgehead atoms. The Hall–Kier alpha value is -2.20. The number of aromatic carboxylic acids is 1. The highest BCUT2D eigenvalue weighted by Gasteiger charge is 2.15. The molecule has 0 aliphatic carbocycles. The number of hydrogen-bond donors (Lipinski definition) is 1. The van der Waals surface area contributed by atoms with Crippen LogP contribution in [0, 0.1) is 6.92 Å². The molecule has 0 spiro atoms. The van der Waals surface area contributed by atoms with Gasteiger partial charge in [0.1, 0.15) is 5.76 Å². The molecular weight excluding hydrogens is 278 g/mol. The van der Waals surface area contributed by atoms with Crippen LogP contribution in [-0.4, -0.2) is 15.6 Å². The quantitative estimate of drug-likeness (QED) is 0.794. The summed E-state index contributed by atoms with van der Waals surface area (Å²) in [5, 5.41) is 10.6. The molecule has 0 amide bonds. The van der Waals surface area contributed by atoms with Crippen LogP contribution in [0.15, 0.2) is 40.9 Å². The fraction of sp³-hybridized carbons (Fsp3) is 0.133. The number of furan rings is 1. The van der Waals surface area contributed by atoms with Crippen molar-refractivity contribution in [2.24, 2.45) is 0 Å². The fourth-order valence-corrected chi connectivity index (χ4v) is 2.62. The van der Waals surface area contributed by atoms with Gasteiger partial charge >= 0.3 is 5.97 Å². The lowest BCUT2D eigenvalue weighted by atomic mass is 10.2. The average Bonchev–Trinajstić information content (AvgIpc) is 2.92. The molecule has 1 aromatic carbocycles. The number of carbonyl (C=O) groups is 1. The number of carboxylic acids is 1.